The van der Waals surface area contributed by atoms with Crippen molar-refractivity contribution in [3.05, 3.63) is 129 Å². The van der Waals surface area contributed by atoms with Gasteiger partial charge in [-0.1, -0.05) is 71.7 Å². The van der Waals surface area contributed by atoms with Crippen molar-refractivity contribution < 1.29 is 18.0 Å². The Kier molecular flexibility index (Phi) is 9.14. The van der Waals surface area contributed by atoms with E-state index in [-0.39, 0.29) is 24.1 Å². The summed E-state index contributed by atoms with van der Waals surface area (Å²) in [6.07, 6.45) is 1.08. The second-order valence-electron chi connectivity index (χ2n) is 9.12. The number of hydrogen-bond acceptors (Lipinski definition) is 4. The molecule has 4 aromatic carbocycles. The Morgan fingerprint density at radius 1 is 0.800 bits per heavy atom. The lowest BCUT2D eigenvalue weighted by Crippen LogP contribution is -2.29. The van der Waals surface area contributed by atoms with E-state index in [0.29, 0.717) is 32.5 Å². The molecular weight excluding hydrogens is 569 g/mol. The van der Waals surface area contributed by atoms with Gasteiger partial charge in [0.25, 0.3) is 11.8 Å². The average molecular weight is 597 g/mol. The molecule has 0 fully saturated rings. The molecule has 0 aromatic heterocycles. The summed E-state index contributed by atoms with van der Waals surface area (Å²) in [7, 11) is -3.71. The van der Waals surface area contributed by atoms with Crippen LogP contribution in [0.25, 0.3) is 0 Å². The van der Waals surface area contributed by atoms with E-state index in [0.717, 1.165) is 16.1 Å². The maximum absolute atomic E-state index is 13.1. The summed E-state index contributed by atoms with van der Waals surface area (Å²) in [6.45, 7) is 1.81. The van der Waals surface area contributed by atoms with Gasteiger partial charge in [0.2, 0.25) is 10.0 Å². The zero-order chi connectivity index (χ0) is 28.9. The molecule has 0 heterocycles. The highest BCUT2D eigenvalue weighted by molar-refractivity contribution is 7.92. The van der Waals surface area contributed by atoms with Crippen LogP contribution in [0.15, 0.2) is 97.1 Å². The van der Waals surface area contributed by atoms with E-state index in [2.05, 4.69) is 10.6 Å². The van der Waals surface area contributed by atoms with Crippen molar-refractivity contribution in [1.29, 1.82) is 0 Å². The first kappa shape index (κ1) is 29.1. The number of para-hydroxylation sites is 1. The third-order valence-corrected chi connectivity index (χ3v) is 8.10. The lowest BCUT2D eigenvalue weighted by Gasteiger charge is -2.24. The van der Waals surface area contributed by atoms with E-state index < -0.39 is 15.9 Å². The van der Waals surface area contributed by atoms with E-state index in [9.17, 15) is 18.0 Å². The van der Waals surface area contributed by atoms with Crippen LogP contribution in [-0.2, 0) is 16.6 Å². The molecule has 0 aliphatic carbocycles. The van der Waals surface area contributed by atoms with Gasteiger partial charge in [0.05, 0.1) is 35.8 Å². The molecule has 0 saturated carbocycles. The largest absolute Gasteiger partial charge is 0.345 e. The van der Waals surface area contributed by atoms with Gasteiger partial charge >= 0.3 is 0 Å². The molecule has 0 spiro atoms. The number of nitrogens with zero attached hydrogens (tertiary/aromatic N) is 1. The third kappa shape index (κ3) is 7.01. The van der Waals surface area contributed by atoms with E-state index in [1.54, 1.807) is 42.5 Å². The molecule has 0 bridgehead atoms. The SMILES string of the molecule is C[C@@H](NC(=O)c1ccccc1NC(=O)c1ccc(N(Cc2c(Cl)cccc2Cl)S(C)(=O)=O)cc1)c1ccccc1. The topological polar surface area (TPSA) is 95.6 Å². The van der Waals surface area contributed by atoms with Crippen molar-refractivity contribution in [3.8, 4) is 0 Å². The number of anilines is 2. The quantitative estimate of drug-likeness (QED) is 0.225. The highest BCUT2D eigenvalue weighted by atomic mass is 35.5. The van der Waals surface area contributed by atoms with E-state index >= 15 is 0 Å². The van der Waals surface area contributed by atoms with Gasteiger partial charge < -0.3 is 10.6 Å². The van der Waals surface area contributed by atoms with Gasteiger partial charge in [-0.3, -0.25) is 13.9 Å². The van der Waals surface area contributed by atoms with E-state index in [1.165, 1.54) is 24.3 Å². The standard InChI is InChI=1S/C30H27Cl2N3O4S/c1-20(21-9-4-3-5-10-21)33-30(37)24-11-6-7-14-28(24)34-29(36)22-15-17-23(18-16-22)35(40(2,38)39)19-25-26(31)12-8-13-27(25)32/h3-18,20H,19H2,1-2H3,(H,33,37)(H,34,36)/t20-/m1/s1. The molecule has 0 unspecified atom stereocenters. The zero-order valence-corrected chi connectivity index (χ0v) is 24.1. The average Bonchev–Trinajstić information content (AvgIpc) is 2.93. The normalized spacial score (nSPS) is 11.9. The Balaban J connectivity index is 1.51. The molecule has 2 amide bonds. The maximum atomic E-state index is 13.1. The third-order valence-electron chi connectivity index (χ3n) is 6.25. The van der Waals surface area contributed by atoms with Crippen LogP contribution in [0.5, 0.6) is 0 Å². The lowest BCUT2D eigenvalue weighted by atomic mass is 10.1. The molecule has 0 aliphatic heterocycles. The van der Waals surface area contributed by atoms with Crippen LogP contribution in [0.4, 0.5) is 11.4 Å². The summed E-state index contributed by atoms with van der Waals surface area (Å²) in [5.74, 6) is -0.785. The predicted octanol–water partition coefficient (Wildman–Crippen LogP) is 6.70. The van der Waals surface area contributed by atoms with Gasteiger partial charge in [-0.25, -0.2) is 8.42 Å². The minimum atomic E-state index is -3.71. The molecule has 0 aliphatic rings. The molecule has 206 valence electrons. The lowest BCUT2D eigenvalue weighted by molar-refractivity contribution is 0.0940. The molecule has 1 atom stereocenters. The number of amides is 2. The van der Waals surface area contributed by atoms with Crippen molar-refractivity contribution >= 4 is 56.4 Å². The van der Waals surface area contributed by atoms with Crippen molar-refractivity contribution in [2.75, 3.05) is 15.9 Å². The fourth-order valence-corrected chi connectivity index (χ4v) is 5.48. The van der Waals surface area contributed by atoms with Crippen LogP contribution < -0.4 is 14.9 Å². The molecule has 4 rings (SSSR count). The Morgan fingerprint density at radius 2 is 1.40 bits per heavy atom. The minimum absolute atomic E-state index is 0.0766. The minimum Gasteiger partial charge on any atom is -0.345 e. The van der Waals surface area contributed by atoms with Gasteiger partial charge in [0.15, 0.2) is 0 Å². The van der Waals surface area contributed by atoms with Crippen molar-refractivity contribution in [2.24, 2.45) is 0 Å². The van der Waals surface area contributed by atoms with Gasteiger partial charge in [-0.05, 0) is 61.0 Å². The highest BCUT2D eigenvalue weighted by Crippen LogP contribution is 2.29. The second kappa shape index (κ2) is 12.6. The number of carbonyl (C=O) groups is 2. The summed E-state index contributed by atoms with van der Waals surface area (Å²) in [5, 5.41) is 6.43. The summed E-state index contributed by atoms with van der Waals surface area (Å²) in [5.41, 5.74) is 2.70. The zero-order valence-electron chi connectivity index (χ0n) is 21.8. The summed E-state index contributed by atoms with van der Waals surface area (Å²) < 4.78 is 26.4. The first-order chi connectivity index (χ1) is 19.0. The highest BCUT2D eigenvalue weighted by Gasteiger charge is 2.22. The number of benzene rings is 4. The number of rotatable bonds is 9. The van der Waals surface area contributed by atoms with E-state index in [1.807, 2.05) is 37.3 Å². The summed E-state index contributed by atoms with van der Waals surface area (Å²) >= 11 is 12.5. The summed E-state index contributed by atoms with van der Waals surface area (Å²) in [6, 6.07) is 27.1. The first-order valence-corrected chi connectivity index (χ1v) is 14.9. The van der Waals surface area contributed by atoms with Crippen molar-refractivity contribution in [3.63, 3.8) is 0 Å². The van der Waals surface area contributed by atoms with Gasteiger partial charge in [0, 0.05) is 21.2 Å². The summed E-state index contributed by atoms with van der Waals surface area (Å²) in [4.78, 5) is 26.1. The predicted molar refractivity (Wildman–Crippen MR) is 161 cm³/mol. The second-order valence-corrected chi connectivity index (χ2v) is 11.8. The number of nitrogens with one attached hydrogen (secondary N) is 2. The molecule has 40 heavy (non-hydrogen) atoms. The van der Waals surface area contributed by atoms with E-state index in [4.69, 9.17) is 23.2 Å². The van der Waals surface area contributed by atoms with Crippen molar-refractivity contribution in [1.82, 2.24) is 5.32 Å². The monoisotopic (exact) mass is 595 g/mol. The van der Waals surface area contributed by atoms with Crippen molar-refractivity contribution in [2.45, 2.75) is 19.5 Å². The fourth-order valence-electron chi connectivity index (χ4n) is 4.09. The Labute approximate surface area is 243 Å². The van der Waals surface area contributed by atoms with Crippen LogP contribution in [0.2, 0.25) is 10.0 Å². The van der Waals surface area contributed by atoms with Crippen LogP contribution in [0.3, 0.4) is 0 Å². The molecule has 0 saturated heterocycles. The first-order valence-electron chi connectivity index (χ1n) is 12.3. The van der Waals surface area contributed by atoms with Gasteiger partial charge in [0.1, 0.15) is 0 Å². The molecule has 2 N–H and O–H groups in total. The van der Waals surface area contributed by atoms with Gasteiger partial charge in [-0.2, -0.15) is 0 Å². The number of halogens is 2. The smallest absolute Gasteiger partial charge is 0.255 e. The Morgan fingerprint density at radius 3 is 2.02 bits per heavy atom. The van der Waals surface area contributed by atoms with Gasteiger partial charge in [-0.15, -0.1) is 0 Å². The van der Waals surface area contributed by atoms with Crippen LogP contribution >= 0.6 is 23.2 Å². The molecular formula is C30H27Cl2N3O4S. The van der Waals surface area contributed by atoms with Crippen LogP contribution in [0, 0.1) is 0 Å². The number of sulfonamides is 1. The fraction of sp³-hybridized carbons (Fsp3) is 0.133. The Bertz CT molecular complexity index is 1610. The molecule has 0 radical (unpaired) electrons. The number of hydrogen-bond donors (Lipinski definition) is 2. The maximum Gasteiger partial charge on any atom is 0.255 e. The Hall–Kier alpha value is -3.85. The molecule has 4 aromatic rings. The molecule has 10 heteroatoms. The number of carbonyl (C=O) groups excluding carboxylic acids is 2. The van der Waals surface area contributed by atoms with Crippen LogP contribution in [-0.4, -0.2) is 26.5 Å². The molecule has 7 nitrogen and oxygen atoms in total. The van der Waals surface area contributed by atoms with Crippen LogP contribution in [0.1, 0.15) is 44.8 Å².